The summed E-state index contributed by atoms with van der Waals surface area (Å²) in [6, 6.07) is 12.8. The lowest BCUT2D eigenvalue weighted by molar-refractivity contribution is -0.139. The SMILES string of the molecule is Cc1ccc(C(=O)CC(NC(=O)OCc2ccccc2)C(=O)O)cc1C. The van der Waals surface area contributed by atoms with Gasteiger partial charge < -0.3 is 15.2 Å². The van der Waals surface area contributed by atoms with Gasteiger partial charge in [-0.3, -0.25) is 4.79 Å². The molecule has 0 heterocycles. The molecule has 0 aliphatic rings. The Morgan fingerprint density at radius 2 is 1.73 bits per heavy atom. The van der Waals surface area contributed by atoms with Crippen molar-refractivity contribution in [1.29, 1.82) is 0 Å². The number of aryl methyl sites for hydroxylation is 2. The van der Waals surface area contributed by atoms with Gasteiger partial charge in [-0.25, -0.2) is 9.59 Å². The van der Waals surface area contributed by atoms with Crippen LogP contribution in [0.3, 0.4) is 0 Å². The Morgan fingerprint density at radius 3 is 2.35 bits per heavy atom. The zero-order valence-corrected chi connectivity index (χ0v) is 14.7. The molecule has 2 aromatic carbocycles. The Bertz CT molecular complexity index is 801. The van der Waals surface area contributed by atoms with Crippen LogP contribution in [-0.4, -0.2) is 29.0 Å². The number of carboxylic acid groups (broad SMARTS) is 1. The molecule has 0 radical (unpaired) electrons. The van der Waals surface area contributed by atoms with Crippen molar-refractivity contribution >= 4 is 17.8 Å². The Labute approximate surface area is 151 Å². The minimum Gasteiger partial charge on any atom is -0.480 e. The molecule has 0 saturated heterocycles. The highest BCUT2D eigenvalue weighted by atomic mass is 16.5. The maximum absolute atomic E-state index is 12.3. The summed E-state index contributed by atoms with van der Waals surface area (Å²) in [7, 11) is 0. The summed E-state index contributed by atoms with van der Waals surface area (Å²) in [6.45, 7) is 3.82. The van der Waals surface area contributed by atoms with Crippen LogP contribution in [0.25, 0.3) is 0 Å². The highest BCUT2D eigenvalue weighted by molar-refractivity contribution is 5.99. The molecule has 0 spiro atoms. The maximum Gasteiger partial charge on any atom is 0.408 e. The number of rotatable bonds is 7. The molecule has 26 heavy (non-hydrogen) atoms. The van der Waals surface area contributed by atoms with E-state index in [0.29, 0.717) is 5.56 Å². The molecule has 1 amide bonds. The first-order valence-electron chi connectivity index (χ1n) is 8.17. The topological polar surface area (TPSA) is 92.7 Å². The molecule has 0 aliphatic heterocycles. The van der Waals surface area contributed by atoms with Gasteiger partial charge in [-0.2, -0.15) is 0 Å². The molecule has 0 bridgehead atoms. The first-order valence-corrected chi connectivity index (χ1v) is 8.17. The number of hydrogen-bond donors (Lipinski definition) is 2. The van der Waals surface area contributed by atoms with E-state index < -0.39 is 18.1 Å². The first kappa shape index (κ1) is 19.2. The number of hydrogen-bond acceptors (Lipinski definition) is 4. The number of nitrogens with one attached hydrogen (secondary N) is 1. The van der Waals surface area contributed by atoms with Gasteiger partial charge >= 0.3 is 12.1 Å². The summed E-state index contributed by atoms with van der Waals surface area (Å²) in [5, 5.41) is 11.5. The minimum absolute atomic E-state index is 0.0180. The van der Waals surface area contributed by atoms with Crippen LogP contribution in [0.2, 0.25) is 0 Å². The molecule has 2 aromatic rings. The van der Waals surface area contributed by atoms with Crippen LogP contribution in [0.15, 0.2) is 48.5 Å². The van der Waals surface area contributed by atoms with Crippen molar-refractivity contribution in [1.82, 2.24) is 5.32 Å². The van der Waals surface area contributed by atoms with Crippen molar-refractivity contribution in [2.75, 3.05) is 0 Å². The molecule has 1 atom stereocenters. The molecule has 0 fully saturated rings. The van der Waals surface area contributed by atoms with Gasteiger partial charge in [0.15, 0.2) is 5.78 Å². The number of benzene rings is 2. The van der Waals surface area contributed by atoms with E-state index in [9.17, 15) is 19.5 Å². The smallest absolute Gasteiger partial charge is 0.408 e. The van der Waals surface area contributed by atoms with Crippen LogP contribution >= 0.6 is 0 Å². The van der Waals surface area contributed by atoms with Crippen molar-refractivity contribution in [2.24, 2.45) is 0 Å². The van der Waals surface area contributed by atoms with Crippen LogP contribution in [0.5, 0.6) is 0 Å². The standard InChI is InChI=1S/C20H21NO5/c1-13-8-9-16(10-14(13)2)18(22)11-17(19(23)24)21-20(25)26-12-15-6-4-3-5-7-15/h3-10,17H,11-12H2,1-2H3,(H,21,25)(H,23,24). The third-order valence-corrected chi connectivity index (χ3v) is 4.02. The van der Waals surface area contributed by atoms with E-state index in [1.54, 1.807) is 42.5 Å². The minimum atomic E-state index is -1.35. The summed E-state index contributed by atoms with van der Waals surface area (Å²) in [5.74, 6) is -1.65. The number of amides is 1. The fraction of sp³-hybridized carbons (Fsp3) is 0.250. The van der Waals surface area contributed by atoms with Crippen LogP contribution in [0.1, 0.15) is 33.5 Å². The highest BCUT2D eigenvalue weighted by Crippen LogP contribution is 2.13. The Kier molecular flexibility index (Phi) is 6.49. The third kappa shape index (κ3) is 5.44. The molecule has 0 aliphatic carbocycles. The van der Waals surface area contributed by atoms with E-state index in [2.05, 4.69) is 5.32 Å². The van der Waals surface area contributed by atoms with Crippen molar-refractivity contribution in [3.63, 3.8) is 0 Å². The van der Waals surface area contributed by atoms with E-state index in [-0.39, 0.29) is 18.8 Å². The number of Topliss-reactive ketones (excluding diaryl/α,β-unsaturated/α-hetero) is 1. The average molecular weight is 355 g/mol. The average Bonchev–Trinajstić information content (AvgIpc) is 2.62. The van der Waals surface area contributed by atoms with Gasteiger partial charge in [-0.15, -0.1) is 0 Å². The molecular formula is C20H21NO5. The van der Waals surface area contributed by atoms with Gasteiger partial charge in [0.05, 0.1) is 0 Å². The van der Waals surface area contributed by atoms with Crippen LogP contribution in [0.4, 0.5) is 4.79 Å². The van der Waals surface area contributed by atoms with E-state index >= 15 is 0 Å². The fourth-order valence-corrected chi connectivity index (χ4v) is 2.33. The molecule has 2 rings (SSSR count). The fourth-order valence-electron chi connectivity index (χ4n) is 2.33. The lowest BCUT2D eigenvalue weighted by Crippen LogP contribution is -2.42. The number of ketones is 1. The van der Waals surface area contributed by atoms with E-state index in [1.165, 1.54) is 0 Å². The van der Waals surface area contributed by atoms with Gasteiger partial charge in [0.25, 0.3) is 0 Å². The monoisotopic (exact) mass is 355 g/mol. The van der Waals surface area contributed by atoms with Gasteiger partial charge in [-0.05, 0) is 36.6 Å². The zero-order chi connectivity index (χ0) is 19.1. The van der Waals surface area contributed by atoms with Crippen molar-refractivity contribution in [3.05, 3.63) is 70.8 Å². The van der Waals surface area contributed by atoms with Crippen molar-refractivity contribution in [2.45, 2.75) is 32.9 Å². The second kappa shape index (κ2) is 8.80. The molecule has 1 unspecified atom stereocenters. The largest absolute Gasteiger partial charge is 0.480 e. The Balaban J connectivity index is 1.95. The van der Waals surface area contributed by atoms with E-state index in [0.717, 1.165) is 16.7 Å². The number of ether oxygens (including phenoxy) is 1. The second-order valence-electron chi connectivity index (χ2n) is 6.02. The number of carboxylic acids is 1. The molecule has 136 valence electrons. The van der Waals surface area contributed by atoms with Crippen LogP contribution in [0, 0.1) is 13.8 Å². The van der Waals surface area contributed by atoms with Crippen LogP contribution in [-0.2, 0) is 16.1 Å². The molecule has 6 heteroatoms. The highest BCUT2D eigenvalue weighted by Gasteiger charge is 2.24. The lowest BCUT2D eigenvalue weighted by Gasteiger charge is -2.14. The van der Waals surface area contributed by atoms with Crippen LogP contribution < -0.4 is 5.32 Å². The molecule has 2 N–H and O–H groups in total. The Morgan fingerprint density at radius 1 is 1.04 bits per heavy atom. The molecule has 0 saturated carbocycles. The number of carbonyl (C=O) groups is 3. The first-order chi connectivity index (χ1) is 12.4. The van der Waals surface area contributed by atoms with E-state index in [4.69, 9.17) is 4.74 Å². The summed E-state index contributed by atoms with van der Waals surface area (Å²) >= 11 is 0. The molecule has 6 nitrogen and oxygen atoms in total. The summed E-state index contributed by atoms with van der Waals surface area (Å²) in [5.41, 5.74) is 3.18. The Hall–Kier alpha value is -3.15. The lowest BCUT2D eigenvalue weighted by atomic mass is 10.00. The normalized spacial score (nSPS) is 11.5. The third-order valence-electron chi connectivity index (χ3n) is 4.02. The van der Waals surface area contributed by atoms with Crippen molar-refractivity contribution in [3.8, 4) is 0 Å². The van der Waals surface area contributed by atoms with Gasteiger partial charge in [0.2, 0.25) is 0 Å². The maximum atomic E-state index is 12.3. The van der Waals surface area contributed by atoms with Gasteiger partial charge in [0.1, 0.15) is 12.6 Å². The van der Waals surface area contributed by atoms with Crippen molar-refractivity contribution < 1.29 is 24.2 Å². The van der Waals surface area contributed by atoms with E-state index in [1.807, 2.05) is 19.9 Å². The predicted octanol–water partition coefficient (Wildman–Crippen LogP) is 3.26. The quantitative estimate of drug-likeness (QED) is 0.744. The summed E-state index contributed by atoms with van der Waals surface area (Å²) < 4.78 is 5.01. The number of alkyl carbamates (subject to hydrolysis) is 1. The molecule has 0 aromatic heterocycles. The molecular weight excluding hydrogens is 334 g/mol. The number of aliphatic carboxylic acids is 1. The predicted molar refractivity (Wildman–Crippen MR) is 96.1 cm³/mol. The van der Waals surface area contributed by atoms with Gasteiger partial charge in [-0.1, -0.05) is 42.5 Å². The zero-order valence-electron chi connectivity index (χ0n) is 14.7. The number of carbonyl (C=O) groups excluding carboxylic acids is 2. The van der Waals surface area contributed by atoms with Gasteiger partial charge in [0, 0.05) is 12.0 Å². The second-order valence-corrected chi connectivity index (χ2v) is 6.02. The summed E-state index contributed by atoms with van der Waals surface area (Å²) in [6.07, 6.45) is -1.23. The summed E-state index contributed by atoms with van der Waals surface area (Å²) in [4.78, 5) is 35.5.